The summed E-state index contributed by atoms with van der Waals surface area (Å²) in [7, 11) is -4.41. The predicted octanol–water partition coefficient (Wildman–Crippen LogP) is 5.56. The van der Waals surface area contributed by atoms with Gasteiger partial charge < -0.3 is 5.11 Å². The molecule has 2 saturated heterocycles. The molecule has 2 fully saturated rings. The average molecular weight is 545 g/mol. The zero-order valence-electron chi connectivity index (χ0n) is 21.3. The largest absolute Gasteiger partial charge is 0.417 e. The molecule has 38 heavy (non-hydrogen) atoms. The molecule has 5 rings (SSSR count). The number of fused-ring (bicyclic) bond motifs is 1. The SMILES string of the molecule is Cc1cccc(-c2ccc([C@@H]3[C@@H](O)N4CCCCN(S(=O)(=O)c5ccccc5C(F)(F)F)C[C@@H]34)cc2)c1C. The number of aryl methyl sites for hydroxylation is 1. The molecule has 2 heterocycles. The molecule has 3 aromatic carbocycles. The van der Waals surface area contributed by atoms with E-state index in [1.807, 2.05) is 35.2 Å². The van der Waals surface area contributed by atoms with Crippen LogP contribution in [0.15, 0.2) is 71.6 Å². The van der Waals surface area contributed by atoms with Gasteiger partial charge in [-0.25, -0.2) is 8.42 Å². The van der Waals surface area contributed by atoms with Crippen molar-refractivity contribution in [2.45, 2.75) is 55.9 Å². The van der Waals surface area contributed by atoms with E-state index in [1.54, 1.807) is 0 Å². The molecule has 2 aliphatic heterocycles. The van der Waals surface area contributed by atoms with Crippen LogP contribution in [0.4, 0.5) is 13.2 Å². The first-order valence-electron chi connectivity index (χ1n) is 12.8. The first-order valence-corrected chi connectivity index (χ1v) is 14.2. The Morgan fingerprint density at radius 1 is 0.895 bits per heavy atom. The van der Waals surface area contributed by atoms with Gasteiger partial charge in [-0.1, -0.05) is 54.6 Å². The van der Waals surface area contributed by atoms with E-state index in [0.29, 0.717) is 19.4 Å². The van der Waals surface area contributed by atoms with E-state index >= 15 is 0 Å². The minimum atomic E-state index is -4.79. The van der Waals surface area contributed by atoms with Crippen LogP contribution < -0.4 is 0 Å². The van der Waals surface area contributed by atoms with Gasteiger partial charge in [0.05, 0.1) is 10.5 Å². The predicted molar refractivity (Wildman–Crippen MR) is 140 cm³/mol. The standard InChI is InChI=1S/C29H31F3N2O3S/c1-19-8-7-9-23(20(19)2)21-12-14-22(15-13-21)27-25-18-33(16-5-6-17-34(25)28(27)35)38(36,37)26-11-4-3-10-24(26)29(30,31)32/h3-4,7-15,25,27-28,35H,5-6,16-18H2,1-2H3/t25-,27-,28+/m0/s1. The third-order valence-electron chi connectivity index (χ3n) is 7.99. The number of aliphatic hydroxyl groups is 1. The van der Waals surface area contributed by atoms with Crippen molar-refractivity contribution in [1.29, 1.82) is 0 Å². The van der Waals surface area contributed by atoms with Crippen molar-refractivity contribution in [2.24, 2.45) is 0 Å². The van der Waals surface area contributed by atoms with E-state index in [-0.39, 0.29) is 25.0 Å². The molecule has 0 spiro atoms. The van der Waals surface area contributed by atoms with Crippen molar-refractivity contribution in [3.8, 4) is 11.1 Å². The molecule has 0 aromatic heterocycles. The highest BCUT2D eigenvalue weighted by Crippen LogP contribution is 2.43. The Hall–Kier alpha value is -2.72. The number of nitrogens with zero attached hydrogens (tertiary/aromatic N) is 2. The normalized spacial score (nSPS) is 23.3. The molecule has 0 aliphatic carbocycles. The third-order valence-corrected chi connectivity index (χ3v) is 9.91. The molecule has 202 valence electrons. The summed E-state index contributed by atoms with van der Waals surface area (Å²) in [6.45, 7) is 4.89. The van der Waals surface area contributed by atoms with Crippen molar-refractivity contribution in [1.82, 2.24) is 9.21 Å². The maximum atomic E-state index is 13.7. The van der Waals surface area contributed by atoms with Crippen LogP contribution in [0.2, 0.25) is 0 Å². The smallest absolute Gasteiger partial charge is 0.378 e. The first-order chi connectivity index (χ1) is 18.0. The Labute approximate surface area is 221 Å². The first kappa shape index (κ1) is 26.9. The highest BCUT2D eigenvalue weighted by atomic mass is 32.2. The highest BCUT2D eigenvalue weighted by molar-refractivity contribution is 7.89. The van der Waals surface area contributed by atoms with Gasteiger partial charge in [0, 0.05) is 31.6 Å². The lowest BCUT2D eigenvalue weighted by atomic mass is 9.79. The summed E-state index contributed by atoms with van der Waals surface area (Å²) in [6.07, 6.45) is -4.43. The lowest BCUT2D eigenvalue weighted by molar-refractivity contribution is -0.148. The van der Waals surface area contributed by atoms with E-state index in [0.717, 1.165) is 33.1 Å². The van der Waals surface area contributed by atoms with Gasteiger partial charge in [-0.05, 0) is 66.6 Å². The van der Waals surface area contributed by atoms with Crippen molar-refractivity contribution in [2.75, 3.05) is 19.6 Å². The average Bonchev–Trinajstić information content (AvgIpc) is 2.87. The summed E-state index contributed by atoms with van der Waals surface area (Å²) in [5.41, 5.74) is 4.27. The number of hydrogen-bond acceptors (Lipinski definition) is 4. The lowest BCUT2D eigenvalue weighted by Gasteiger charge is -2.55. The van der Waals surface area contributed by atoms with Crippen LogP contribution in [0.3, 0.4) is 0 Å². The van der Waals surface area contributed by atoms with Gasteiger partial charge in [-0.2, -0.15) is 17.5 Å². The van der Waals surface area contributed by atoms with Crippen LogP contribution in [-0.4, -0.2) is 54.6 Å². The summed E-state index contributed by atoms with van der Waals surface area (Å²) in [5.74, 6) is -0.351. The fourth-order valence-electron chi connectivity index (χ4n) is 5.73. The van der Waals surface area contributed by atoms with Crippen molar-refractivity contribution >= 4 is 10.0 Å². The maximum absolute atomic E-state index is 13.7. The Morgan fingerprint density at radius 3 is 2.29 bits per heavy atom. The zero-order valence-corrected chi connectivity index (χ0v) is 22.1. The molecule has 0 bridgehead atoms. The van der Waals surface area contributed by atoms with Gasteiger partial charge in [0.1, 0.15) is 6.23 Å². The number of benzene rings is 3. The number of aliphatic hydroxyl groups excluding tert-OH is 1. The second kappa shape index (κ2) is 10.1. The summed E-state index contributed by atoms with van der Waals surface area (Å²) >= 11 is 0. The van der Waals surface area contributed by atoms with Crippen LogP contribution >= 0.6 is 0 Å². The van der Waals surface area contributed by atoms with Gasteiger partial charge in [0.2, 0.25) is 10.0 Å². The molecule has 1 N–H and O–H groups in total. The second-order valence-electron chi connectivity index (χ2n) is 10.2. The summed E-state index contributed by atoms with van der Waals surface area (Å²) in [4.78, 5) is 1.13. The maximum Gasteiger partial charge on any atom is 0.417 e. The van der Waals surface area contributed by atoms with Crippen molar-refractivity contribution in [3.05, 3.63) is 89.0 Å². The molecule has 5 nitrogen and oxygen atoms in total. The molecule has 9 heteroatoms. The van der Waals surface area contributed by atoms with E-state index < -0.39 is 32.9 Å². The highest BCUT2D eigenvalue weighted by Gasteiger charge is 2.50. The van der Waals surface area contributed by atoms with Crippen LogP contribution in [0.25, 0.3) is 11.1 Å². The number of rotatable bonds is 4. The van der Waals surface area contributed by atoms with Crippen LogP contribution in [0.5, 0.6) is 0 Å². The van der Waals surface area contributed by atoms with Gasteiger partial charge in [0.25, 0.3) is 0 Å². The quantitative estimate of drug-likeness (QED) is 0.467. The molecule has 3 atom stereocenters. The Bertz CT molecular complexity index is 1420. The minimum absolute atomic E-state index is 0.00892. The minimum Gasteiger partial charge on any atom is -0.378 e. The fraction of sp³-hybridized carbons (Fsp3) is 0.379. The van der Waals surface area contributed by atoms with Gasteiger partial charge in [-0.3, -0.25) is 4.90 Å². The number of halogens is 3. The fourth-order valence-corrected chi connectivity index (χ4v) is 7.44. The van der Waals surface area contributed by atoms with Crippen LogP contribution in [0.1, 0.15) is 41.0 Å². The monoisotopic (exact) mass is 544 g/mol. The molecule has 3 aromatic rings. The summed E-state index contributed by atoms with van der Waals surface area (Å²) in [6, 6.07) is 18.0. The van der Waals surface area contributed by atoms with E-state index in [1.165, 1.54) is 23.3 Å². The van der Waals surface area contributed by atoms with Crippen molar-refractivity contribution in [3.63, 3.8) is 0 Å². The molecule has 0 saturated carbocycles. The number of sulfonamides is 1. The van der Waals surface area contributed by atoms with E-state index in [9.17, 15) is 26.7 Å². The molecular formula is C29H31F3N2O3S. The topological polar surface area (TPSA) is 60.9 Å². The van der Waals surface area contributed by atoms with Gasteiger partial charge >= 0.3 is 6.18 Å². The van der Waals surface area contributed by atoms with Crippen molar-refractivity contribution < 1.29 is 26.7 Å². The second-order valence-corrected chi connectivity index (χ2v) is 12.1. The van der Waals surface area contributed by atoms with E-state index in [2.05, 4.69) is 26.0 Å². The molecule has 0 amide bonds. The van der Waals surface area contributed by atoms with Crippen LogP contribution in [0, 0.1) is 13.8 Å². The molecule has 0 radical (unpaired) electrons. The van der Waals surface area contributed by atoms with Gasteiger partial charge in [-0.15, -0.1) is 0 Å². The Morgan fingerprint density at radius 2 is 1.58 bits per heavy atom. The van der Waals surface area contributed by atoms with E-state index in [4.69, 9.17) is 0 Å². The lowest BCUT2D eigenvalue weighted by Crippen LogP contribution is -2.66. The molecular weight excluding hydrogens is 513 g/mol. The number of hydrogen-bond donors (Lipinski definition) is 1. The Kier molecular flexibility index (Phi) is 7.15. The Balaban J connectivity index is 1.44. The summed E-state index contributed by atoms with van der Waals surface area (Å²) < 4.78 is 69.2. The molecule has 2 aliphatic rings. The molecule has 0 unspecified atom stereocenters. The van der Waals surface area contributed by atoms with Crippen LogP contribution in [-0.2, 0) is 16.2 Å². The van der Waals surface area contributed by atoms with Gasteiger partial charge in [0.15, 0.2) is 0 Å². The summed E-state index contributed by atoms with van der Waals surface area (Å²) in [5, 5.41) is 11.0. The zero-order chi connectivity index (χ0) is 27.2. The third kappa shape index (κ3) is 4.77. The number of alkyl halides is 3.